The van der Waals surface area contributed by atoms with Gasteiger partial charge >= 0.3 is 5.97 Å². The first-order valence-corrected chi connectivity index (χ1v) is 11.0. The molecule has 1 N–H and O–H groups in total. The molecule has 0 aromatic heterocycles. The Morgan fingerprint density at radius 3 is 2.29 bits per heavy atom. The van der Waals surface area contributed by atoms with Crippen molar-refractivity contribution in [1.82, 2.24) is 9.62 Å². The van der Waals surface area contributed by atoms with Crippen LogP contribution in [-0.4, -0.2) is 50.3 Å². The molecule has 1 amide bonds. The molecule has 7 nitrogen and oxygen atoms in total. The molecule has 1 aliphatic heterocycles. The molecule has 0 atom stereocenters. The molecule has 1 fully saturated rings. The van der Waals surface area contributed by atoms with Gasteiger partial charge in [0.1, 0.15) is 6.54 Å². The number of nitrogens with one attached hydrogen (secondary N) is 1. The van der Waals surface area contributed by atoms with Gasteiger partial charge in [-0.25, -0.2) is 8.42 Å². The van der Waals surface area contributed by atoms with E-state index in [1.807, 2.05) is 0 Å². The van der Waals surface area contributed by atoms with Crippen LogP contribution in [0.2, 0.25) is 0 Å². The van der Waals surface area contributed by atoms with Gasteiger partial charge in [0, 0.05) is 19.2 Å². The van der Waals surface area contributed by atoms with Gasteiger partial charge in [-0.05, 0) is 50.5 Å². The van der Waals surface area contributed by atoms with Crippen molar-refractivity contribution >= 4 is 28.0 Å². The quantitative estimate of drug-likeness (QED) is 0.552. The third-order valence-corrected chi connectivity index (χ3v) is 6.20. The summed E-state index contributed by atoms with van der Waals surface area (Å²) in [6.07, 6.45) is 6.52. The van der Waals surface area contributed by atoms with Crippen LogP contribution in [0, 0.1) is 0 Å². The summed E-state index contributed by atoms with van der Waals surface area (Å²) in [4.78, 5) is 23.4. The SMILES string of the molecule is CC(C)OC(=O)CNC(=O)/C=C/c1ccc(S(=O)(=O)N2CCCCCC2)cc1. The van der Waals surface area contributed by atoms with Gasteiger partial charge in [0.2, 0.25) is 15.9 Å². The molecule has 28 heavy (non-hydrogen) atoms. The summed E-state index contributed by atoms with van der Waals surface area (Å²) >= 11 is 0. The number of esters is 1. The number of amides is 1. The van der Waals surface area contributed by atoms with Crippen LogP contribution in [0.5, 0.6) is 0 Å². The Balaban J connectivity index is 1.93. The van der Waals surface area contributed by atoms with Gasteiger partial charge in [-0.2, -0.15) is 4.31 Å². The smallest absolute Gasteiger partial charge is 0.325 e. The van der Waals surface area contributed by atoms with Crippen molar-refractivity contribution in [2.45, 2.75) is 50.5 Å². The summed E-state index contributed by atoms with van der Waals surface area (Å²) in [6.45, 7) is 4.38. The number of sulfonamides is 1. The maximum absolute atomic E-state index is 12.7. The second-order valence-corrected chi connectivity index (χ2v) is 8.92. The van der Waals surface area contributed by atoms with Gasteiger partial charge < -0.3 is 10.1 Å². The Bertz CT molecular complexity index is 792. The minimum Gasteiger partial charge on any atom is -0.462 e. The molecule has 1 aromatic rings. The molecule has 0 radical (unpaired) electrons. The average Bonchev–Trinajstić information content (AvgIpc) is 2.94. The predicted molar refractivity (Wildman–Crippen MR) is 107 cm³/mol. The van der Waals surface area contributed by atoms with E-state index >= 15 is 0 Å². The maximum atomic E-state index is 12.7. The fourth-order valence-electron chi connectivity index (χ4n) is 2.88. The molecule has 1 saturated heterocycles. The first kappa shape index (κ1) is 22.1. The fraction of sp³-hybridized carbons (Fsp3) is 0.500. The minimum atomic E-state index is -3.48. The number of nitrogens with zero attached hydrogens (tertiary/aromatic N) is 1. The van der Waals surface area contributed by atoms with Gasteiger partial charge in [0.15, 0.2) is 0 Å². The van der Waals surface area contributed by atoms with Crippen LogP contribution >= 0.6 is 0 Å². The van der Waals surface area contributed by atoms with E-state index in [9.17, 15) is 18.0 Å². The number of rotatable bonds is 7. The summed E-state index contributed by atoms with van der Waals surface area (Å²) in [5.41, 5.74) is 0.690. The number of carbonyl (C=O) groups excluding carboxylic acids is 2. The standard InChI is InChI=1S/C20H28N2O5S/c1-16(2)27-20(24)15-21-19(23)12-9-17-7-10-18(11-8-17)28(25,26)22-13-5-3-4-6-14-22/h7-12,16H,3-6,13-15H2,1-2H3,(H,21,23)/b12-9+. The van der Waals surface area contributed by atoms with Crippen molar-refractivity contribution in [1.29, 1.82) is 0 Å². The number of ether oxygens (including phenoxy) is 1. The second kappa shape index (κ2) is 10.4. The van der Waals surface area contributed by atoms with Crippen LogP contribution in [0.3, 0.4) is 0 Å². The number of hydrogen-bond donors (Lipinski definition) is 1. The molecule has 2 rings (SSSR count). The molecule has 1 heterocycles. The Morgan fingerprint density at radius 1 is 1.11 bits per heavy atom. The summed E-state index contributed by atoms with van der Waals surface area (Å²) in [6, 6.07) is 6.42. The van der Waals surface area contributed by atoms with Crippen molar-refractivity contribution < 1.29 is 22.7 Å². The van der Waals surface area contributed by atoms with Crippen molar-refractivity contribution in [2.24, 2.45) is 0 Å². The van der Waals surface area contributed by atoms with Crippen LogP contribution in [0.4, 0.5) is 0 Å². The van der Waals surface area contributed by atoms with E-state index in [1.165, 1.54) is 6.08 Å². The van der Waals surface area contributed by atoms with Crippen molar-refractivity contribution in [3.63, 3.8) is 0 Å². The van der Waals surface area contributed by atoms with Crippen LogP contribution < -0.4 is 5.32 Å². The molecule has 0 unspecified atom stereocenters. The van der Waals surface area contributed by atoms with E-state index in [0.717, 1.165) is 25.7 Å². The summed E-state index contributed by atoms with van der Waals surface area (Å²) in [5.74, 6) is -0.929. The maximum Gasteiger partial charge on any atom is 0.325 e. The lowest BCUT2D eigenvalue weighted by Gasteiger charge is -2.19. The molecule has 0 aliphatic carbocycles. The van der Waals surface area contributed by atoms with Crippen LogP contribution in [0.1, 0.15) is 45.1 Å². The molecule has 8 heteroatoms. The summed E-state index contributed by atoms with van der Waals surface area (Å²) < 4.78 is 32.0. The van der Waals surface area contributed by atoms with E-state index in [1.54, 1.807) is 48.5 Å². The molecule has 1 aromatic carbocycles. The van der Waals surface area contributed by atoms with E-state index in [2.05, 4.69) is 5.32 Å². The Hall–Kier alpha value is -2.19. The normalized spacial score (nSPS) is 16.1. The monoisotopic (exact) mass is 408 g/mol. The van der Waals surface area contributed by atoms with Crippen molar-refractivity contribution in [3.8, 4) is 0 Å². The van der Waals surface area contributed by atoms with Gasteiger partial charge in [-0.1, -0.05) is 25.0 Å². The average molecular weight is 409 g/mol. The lowest BCUT2D eigenvalue weighted by Crippen LogP contribution is -2.31. The van der Waals surface area contributed by atoms with E-state index < -0.39 is 21.9 Å². The highest BCUT2D eigenvalue weighted by atomic mass is 32.2. The first-order valence-electron chi connectivity index (χ1n) is 9.54. The zero-order valence-electron chi connectivity index (χ0n) is 16.4. The molecular formula is C20H28N2O5S. The van der Waals surface area contributed by atoms with Crippen LogP contribution in [0.15, 0.2) is 35.2 Å². The highest BCUT2D eigenvalue weighted by Gasteiger charge is 2.24. The Kier molecular flexibility index (Phi) is 8.19. The number of carbonyl (C=O) groups is 2. The zero-order chi connectivity index (χ0) is 20.6. The zero-order valence-corrected chi connectivity index (χ0v) is 17.2. The third-order valence-electron chi connectivity index (χ3n) is 4.28. The number of benzene rings is 1. The van der Waals surface area contributed by atoms with E-state index in [4.69, 9.17) is 4.74 Å². The largest absolute Gasteiger partial charge is 0.462 e. The second-order valence-electron chi connectivity index (χ2n) is 6.98. The summed E-state index contributed by atoms with van der Waals surface area (Å²) in [5, 5.41) is 2.44. The highest BCUT2D eigenvalue weighted by Crippen LogP contribution is 2.20. The molecule has 0 spiro atoms. The third kappa shape index (κ3) is 6.76. The van der Waals surface area contributed by atoms with Gasteiger partial charge in [-0.15, -0.1) is 0 Å². The van der Waals surface area contributed by atoms with Crippen LogP contribution in [-0.2, 0) is 24.3 Å². The first-order chi connectivity index (χ1) is 13.3. The van der Waals surface area contributed by atoms with E-state index in [-0.39, 0.29) is 17.5 Å². The summed E-state index contributed by atoms with van der Waals surface area (Å²) in [7, 11) is -3.48. The molecule has 0 saturated carbocycles. The van der Waals surface area contributed by atoms with Crippen molar-refractivity contribution in [3.05, 3.63) is 35.9 Å². The Morgan fingerprint density at radius 2 is 1.71 bits per heavy atom. The van der Waals surface area contributed by atoms with Gasteiger partial charge in [-0.3, -0.25) is 9.59 Å². The molecule has 0 bridgehead atoms. The molecular weight excluding hydrogens is 380 g/mol. The van der Waals surface area contributed by atoms with Crippen LogP contribution in [0.25, 0.3) is 6.08 Å². The highest BCUT2D eigenvalue weighted by molar-refractivity contribution is 7.89. The topological polar surface area (TPSA) is 92.8 Å². The lowest BCUT2D eigenvalue weighted by molar-refractivity contribution is -0.147. The molecule has 154 valence electrons. The van der Waals surface area contributed by atoms with Crippen molar-refractivity contribution in [2.75, 3.05) is 19.6 Å². The van der Waals surface area contributed by atoms with Gasteiger partial charge in [0.25, 0.3) is 0 Å². The van der Waals surface area contributed by atoms with E-state index in [0.29, 0.717) is 18.7 Å². The minimum absolute atomic E-state index is 0.200. The predicted octanol–water partition coefficient (Wildman–Crippen LogP) is 2.33. The lowest BCUT2D eigenvalue weighted by atomic mass is 10.2. The number of hydrogen-bond acceptors (Lipinski definition) is 5. The molecule has 1 aliphatic rings. The van der Waals surface area contributed by atoms with Gasteiger partial charge in [0.05, 0.1) is 11.0 Å². The Labute approximate surface area is 166 Å². The fourth-order valence-corrected chi connectivity index (χ4v) is 4.39.